The average molecular weight is 351 g/mol. The minimum atomic E-state index is -0.339. The molecule has 2 N–H and O–H groups in total. The van der Waals surface area contributed by atoms with Crippen LogP contribution >= 0.6 is 0 Å². The molecule has 0 saturated heterocycles. The van der Waals surface area contributed by atoms with Gasteiger partial charge in [0.1, 0.15) is 11.3 Å². The van der Waals surface area contributed by atoms with Crippen molar-refractivity contribution in [3.63, 3.8) is 0 Å². The van der Waals surface area contributed by atoms with E-state index >= 15 is 0 Å². The summed E-state index contributed by atoms with van der Waals surface area (Å²) in [6, 6.07) is 13.7. The molecule has 0 aliphatic rings. The van der Waals surface area contributed by atoms with Crippen molar-refractivity contribution in [3.8, 4) is 5.75 Å². The van der Waals surface area contributed by atoms with Crippen molar-refractivity contribution in [2.24, 2.45) is 0 Å². The lowest BCUT2D eigenvalue weighted by atomic mass is 9.98. The number of hydrogen-bond donors (Lipinski definition) is 2. The Balaban J connectivity index is 2.07. The largest absolute Gasteiger partial charge is 0.507 e. The van der Waals surface area contributed by atoms with Crippen LogP contribution in [0, 0.1) is 6.92 Å². The van der Waals surface area contributed by atoms with Gasteiger partial charge in [-0.1, -0.05) is 37.3 Å². The Morgan fingerprint density at radius 2 is 1.85 bits per heavy atom. The molecule has 1 atom stereocenters. The van der Waals surface area contributed by atoms with Crippen LogP contribution in [0.15, 0.2) is 51.7 Å². The van der Waals surface area contributed by atoms with Gasteiger partial charge in [0.25, 0.3) is 0 Å². The van der Waals surface area contributed by atoms with Gasteiger partial charge < -0.3 is 14.8 Å². The highest BCUT2D eigenvalue weighted by Crippen LogP contribution is 2.30. The van der Waals surface area contributed by atoms with Crippen LogP contribution in [0.2, 0.25) is 0 Å². The van der Waals surface area contributed by atoms with Gasteiger partial charge in [0, 0.05) is 30.0 Å². The van der Waals surface area contributed by atoms with Gasteiger partial charge in [-0.05, 0) is 43.5 Å². The van der Waals surface area contributed by atoms with Crippen LogP contribution in [-0.4, -0.2) is 11.1 Å². The molecule has 0 bridgehead atoms. The molecule has 2 aromatic carbocycles. The molecular formula is C22H25NO3. The number of rotatable bonds is 6. The van der Waals surface area contributed by atoms with Crippen molar-refractivity contribution >= 4 is 11.0 Å². The molecule has 26 heavy (non-hydrogen) atoms. The number of fused-ring (bicyclic) bond motifs is 1. The molecule has 1 aromatic heterocycles. The summed E-state index contributed by atoms with van der Waals surface area (Å²) in [4.78, 5) is 12.6. The Morgan fingerprint density at radius 3 is 2.54 bits per heavy atom. The van der Waals surface area contributed by atoms with Gasteiger partial charge in [0.15, 0.2) is 0 Å². The number of phenolic OH excluding ortho intramolecular Hbond substituents is 1. The maximum absolute atomic E-state index is 12.6. The lowest BCUT2D eigenvalue weighted by molar-refractivity contribution is 0.453. The summed E-state index contributed by atoms with van der Waals surface area (Å²) in [6.07, 6.45) is 1.52. The molecule has 0 radical (unpaired) electrons. The van der Waals surface area contributed by atoms with E-state index in [1.54, 1.807) is 6.07 Å². The van der Waals surface area contributed by atoms with Gasteiger partial charge in [-0.2, -0.15) is 0 Å². The monoisotopic (exact) mass is 351 g/mol. The number of hydrogen-bond acceptors (Lipinski definition) is 4. The van der Waals surface area contributed by atoms with E-state index in [2.05, 4.69) is 19.2 Å². The molecule has 0 aliphatic carbocycles. The van der Waals surface area contributed by atoms with E-state index in [-0.39, 0.29) is 11.4 Å². The minimum Gasteiger partial charge on any atom is -0.507 e. The summed E-state index contributed by atoms with van der Waals surface area (Å²) in [7, 11) is 0. The number of phenols is 1. The fourth-order valence-electron chi connectivity index (χ4n) is 3.10. The van der Waals surface area contributed by atoms with Crippen molar-refractivity contribution in [1.29, 1.82) is 0 Å². The Labute approximate surface area is 153 Å². The van der Waals surface area contributed by atoms with Gasteiger partial charge in [0.2, 0.25) is 0 Å². The lowest BCUT2D eigenvalue weighted by Crippen LogP contribution is -2.24. The first kappa shape index (κ1) is 18.2. The first-order chi connectivity index (χ1) is 12.5. The summed E-state index contributed by atoms with van der Waals surface area (Å²) >= 11 is 0. The quantitative estimate of drug-likeness (QED) is 0.651. The van der Waals surface area contributed by atoms with Crippen LogP contribution in [0.1, 0.15) is 42.5 Å². The van der Waals surface area contributed by atoms with Crippen molar-refractivity contribution in [3.05, 3.63) is 75.1 Å². The Hall–Kier alpha value is -2.59. The topological polar surface area (TPSA) is 62.5 Å². The SMILES string of the molecule is CCC(C)NCc1c(O)ccc2c(C)c(Cc3ccccc3)c(=O)oc12. The first-order valence-corrected chi connectivity index (χ1v) is 9.05. The van der Waals surface area contributed by atoms with Gasteiger partial charge >= 0.3 is 5.63 Å². The zero-order chi connectivity index (χ0) is 18.7. The van der Waals surface area contributed by atoms with Gasteiger partial charge in [0.05, 0.1) is 5.56 Å². The van der Waals surface area contributed by atoms with Crippen molar-refractivity contribution in [2.75, 3.05) is 0 Å². The molecule has 3 aromatic rings. The molecule has 0 spiro atoms. The fourth-order valence-corrected chi connectivity index (χ4v) is 3.10. The maximum atomic E-state index is 12.6. The maximum Gasteiger partial charge on any atom is 0.340 e. The second kappa shape index (κ2) is 7.75. The smallest absolute Gasteiger partial charge is 0.340 e. The lowest BCUT2D eigenvalue weighted by Gasteiger charge is -2.15. The number of aromatic hydroxyl groups is 1. The fraction of sp³-hybridized carbons (Fsp3) is 0.318. The van der Waals surface area contributed by atoms with E-state index in [1.165, 1.54) is 0 Å². The van der Waals surface area contributed by atoms with Crippen LogP contribution < -0.4 is 10.9 Å². The second-order valence-corrected chi connectivity index (χ2v) is 6.79. The molecule has 0 amide bonds. The summed E-state index contributed by atoms with van der Waals surface area (Å²) in [5.41, 5.74) is 3.41. The number of aryl methyl sites for hydroxylation is 1. The van der Waals surface area contributed by atoms with Gasteiger partial charge in [-0.25, -0.2) is 4.79 Å². The van der Waals surface area contributed by atoms with E-state index in [1.807, 2.05) is 43.3 Å². The molecule has 4 nitrogen and oxygen atoms in total. The van der Waals surface area contributed by atoms with E-state index in [4.69, 9.17) is 4.42 Å². The number of nitrogens with one attached hydrogen (secondary N) is 1. The molecular weight excluding hydrogens is 326 g/mol. The zero-order valence-corrected chi connectivity index (χ0v) is 15.5. The Kier molecular flexibility index (Phi) is 5.43. The van der Waals surface area contributed by atoms with Crippen LogP contribution in [0.25, 0.3) is 11.0 Å². The molecule has 0 aliphatic heterocycles. The second-order valence-electron chi connectivity index (χ2n) is 6.79. The summed E-state index contributed by atoms with van der Waals surface area (Å²) in [5.74, 6) is 0.145. The summed E-state index contributed by atoms with van der Waals surface area (Å²) in [6.45, 7) is 6.58. The summed E-state index contributed by atoms with van der Waals surface area (Å²) < 4.78 is 5.67. The Bertz CT molecular complexity index is 961. The van der Waals surface area contributed by atoms with Crippen molar-refractivity contribution < 1.29 is 9.52 Å². The predicted octanol–water partition coefficient (Wildman–Crippen LogP) is 4.29. The highest BCUT2D eigenvalue weighted by molar-refractivity contribution is 5.85. The van der Waals surface area contributed by atoms with Crippen LogP contribution in [0.4, 0.5) is 0 Å². The molecule has 1 unspecified atom stereocenters. The van der Waals surface area contributed by atoms with Gasteiger partial charge in [-0.15, -0.1) is 0 Å². The van der Waals surface area contributed by atoms with Crippen molar-refractivity contribution in [1.82, 2.24) is 5.32 Å². The number of benzene rings is 2. The van der Waals surface area contributed by atoms with E-state index < -0.39 is 0 Å². The molecule has 4 heteroatoms. The summed E-state index contributed by atoms with van der Waals surface area (Å²) in [5, 5.41) is 14.5. The van der Waals surface area contributed by atoms with E-state index in [9.17, 15) is 9.90 Å². The minimum absolute atomic E-state index is 0.145. The van der Waals surface area contributed by atoms with Crippen LogP contribution in [0.3, 0.4) is 0 Å². The van der Waals surface area contributed by atoms with Crippen LogP contribution in [0.5, 0.6) is 5.75 Å². The molecule has 0 fully saturated rings. The standard InChI is InChI=1S/C22H25NO3/c1-4-14(2)23-13-19-20(24)11-10-17-15(3)18(22(25)26-21(17)19)12-16-8-6-5-7-9-16/h5-11,14,23-24H,4,12-13H2,1-3H3. The third-order valence-corrected chi connectivity index (χ3v) is 5.00. The average Bonchev–Trinajstić information content (AvgIpc) is 2.65. The highest BCUT2D eigenvalue weighted by atomic mass is 16.4. The van der Waals surface area contributed by atoms with Crippen LogP contribution in [-0.2, 0) is 13.0 Å². The molecule has 1 heterocycles. The Morgan fingerprint density at radius 1 is 1.12 bits per heavy atom. The third-order valence-electron chi connectivity index (χ3n) is 5.00. The van der Waals surface area contributed by atoms with Crippen molar-refractivity contribution in [2.45, 2.75) is 46.2 Å². The normalized spacial score (nSPS) is 12.4. The predicted molar refractivity (Wildman–Crippen MR) is 105 cm³/mol. The van der Waals surface area contributed by atoms with E-state index in [0.717, 1.165) is 22.9 Å². The highest BCUT2D eigenvalue weighted by Gasteiger charge is 2.17. The first-order valence-electron chi connectivity index (χ1n) is 9.05. The molecule has 0 saturated carbocycles. The third kappa shape index (κ3) is 3.65. The zero-order valence-electron chi connectivity index (χ0n) is 15.5. The van der Waals surface area contributed by atoms with E-state index in [0.29, 0.717) is 35.7 Å². The van der Waals surface area contributed by atoms with Gasteiger partial charge in [-0.3, -0.25) is 0 Å². The molecule has 3 rings (SSSR count). The molecule has 136 valence electrons.